The Bertz CT molecular complexity index is 821. The molecule has 0 bridgehead atoms. The molecule has 0 aliphatic heterocycles. The number of carbonyl (C=O) groups excluding carboxylic acids is 1. The number of anilines is 1. The van der Waals surface area contributed by atoms with Gasteiger partial charge in [-0.05, 0) is 49.7 Å². The van der Waals surface area contributed by atoms with Crippen molar-refractivity contribution in [2.75, 3.05) is 18.9 Å². The maximum absolute atomic E-state index is 12.9. The Kier molecular flexibility index (Phi) is 6.22. The van der Waals surface area contributed by atoms with Crippen molar-refractivity contribution in [1.29, 1.82) is 0 Å². The van der Waals surface area contributed by atoms with Crippen molar-refractivity contribution in [1.82, 2.24) is 9.29 Å². The molecular weight excluding hydrogens is 345 g/mol. The molecule has 1 amide bonds. The minimum absolute atomic E-state index is 0.0200. The Hall–Kier alpha value is -2.32. The first-order valence-electron chi connectivity index (χ1n) is 7.73. The number of aromatic nitrogens is 1. The van der Waals surface area contributed by atoms with Crippen LogP contribution in [0.4, 0.5) is 10.1 Å². The molecule has 2 aromatic rings. The highest BCUT2D eigenvalue weighted by molar-refractivity contribution is 7.89. The van der Waals surface area contributed by atoms with Gasteiger partial charge in [0.25, 0.3) is 0 Å². The third-order valence-corrected chi connectivity index (χ3v) is 5.46. The molecule has 0 aliphatic carbocycles. The lowest BCUT2D eigenvalue weighted by Gasteiger charge is -2.17. The van der Waals surface area contributed by atoms with Crippen molar-refractivity contribution >= 4 is 21.6 Å². The van der Waals surface area contributed by atoms with Gasteiger partial charge in [0.2, 0.25) is 15.9 Å². The molecule has 0 aliphatic rings. The number of pyridine rings is 1. The lowest BCUT2D eigenvalue weighted by molar-refractivity contribution is -0.116. The zero-order chi connectivity index (χ0) is 18.4. The van der Waals surface area contributed by atoms with Crippen molar-refractivity contribution in [2.45, 2.75) is 24.7 Å². The zero-order valence-electron chi connectivity index (χ0n) is 14.1. The van der Waals surface area contributed by atoms with Crippen LogP contribution >= 0.6 is 0 Å². The molecule has 1 aromatic heterocycles. The quantitative estimate of drug-likeness (QED) is 0.818. The van der Waals surface area contributed by atoms with Crippen LogP contribution in [0.3, 0.4) is 0 Å². The molecule has 1 heterocycles. The van der Waals surface area contributed by atoms with Gasteiger partial charge in [0, 0.05) is 25.7 Å². The van der Waals surface area contributed by atoms with Crippen molar-refractivity contribution in [2.24, 2.45) is 0 Å². The maximum Gasteiger partial charge on any atom is 0.242 e. The molecule has 25 heavy (non-hydrogen) atoms. The fourth-order valence-electron chi connectivity index (χ4n) is 2.13. The number of nitrogens with zero attached hydrogens (tertiary/aromatic N) is 2. The van der Waals surface area contributed by atoms with Gasteiger partial charge in [0.05, 0.1) is 16.8 Å². The molecule has 0 unspecified atom stereocenters. The molecule has 1 aromatic carbocycles. The van der Waals surface area contributed by atoms with E-state index in [1.54, 1.807) is 18.3 Å². The van der Waals surface area contributed by atoms with Gasteiger partial charge in [-0.15, -0.1) is 0 Å². The van der Waals surface area contributed by atoms with E-state index >= 15 is 0 Å². The summed E-state index contributed by atoms with van der Waals surface area (Å²) in [7, 11) is -2.26. The molecule has 0 saturated heterocycles. The molecule has 0 spiro atoms. The third kappa shape index (κ3) is 5.33. The van der Waals surface area contributed by atoms with Gasteiger partial charge in [-0.1, -0.05) is 0 Å². The van der Waals surface area contributed by atoms with Crippen LogP contribution in [-0.4, -0.2) is 37.2 Å². The molecule has 0 saturated carbocycles. The van der Waals surface area contributed by atoms with Crippen molar-refractivity contribution in [3.63, 3.8) is 0 Å². The highest BCUT2D eigenvalue weighted by Gasteiger charge is 2.20. The Balaban J connectivity index is 1.84. The van der Waals surface area contributed by atoms with Crippen molar-refractivity contribution in [3.05, 3.63) is 54.1 Å². The largest absolute Gasteiger partial charge is 0.325 e. The second kappa shape index (κ2) is 8.17. The van der Waals surface area contributed by atoms with E-state index in [9.17, 15) is 17.6 Å². The summed E-state index contributed by atoms with van der Waals surface area (Å²) in [6, 6.07) is 8.19. The molecule has 6 nitrogen and oxygen atoms in total. The summed E-state index contributed by atoms with van der Waals surface area (Å²) < 4.78 is 38.7. The number of sulfonamides is 1. The molecule has 8 heteroatoms. The molecule has 2 rings (SSSR count). The highest BCUT2D eigenvalue weighted by atomic mass is 32.2. The zero-order valence-corrected chi connectivity index (χ0v) is 14.9. The Morgan fingerprint density at radius 3 is 2.48 bits per heavy atom. The number of halogens is 1. The van der Waals surface area contributed by atoms with Gasteiger partial charge < -0.3 is 5.32 Å². The van der Waals surface area contributed by atoms with Crippen LogP contribution in [-0.2, 0) is 14.8 Å². The van der Waals surface area contributed by atoms with E-state index in [0.29, 0.717) is 12.1 Å². The first-order chi connectivity index (χ1) is 11.8. The van der Waals surface area contributed by atoms with Gasteiger partial charge >= 0.3 is 0 Å². The van der Waals surface area contributed by atoms with E-state index in [0.717, 1.165) is 22.1 Å². The van der Waals surface area contributed by atoms with Crippen LogP contribution in [0.1, 0.15) is 18.5 Å². The molecule has 0 radical (unpaired) electrons. The van der Waals surface area contributed by atoms with Crippen LogP contribution in [0, 0.1) is 12.7 Å². The summed E-state index contributed by atoms with van der Waals surface area (Å²) in [4.78, 5) is 16.0. The van der Waals surface area contributed by atoms with Crippen LogP contribution < -0.4 is 5.32 Å². The number of rotatable bonds is 7. The van der Waals surface area contributed by atoms with E-state index < -0.39 is 15.8 Å². The van der Waals surface area contributed by atoms with Gasteiger partial charge in [0.1, 0.15) is 5.82 Å². The summed E-state index contributed by atoms with van der Waals surface area (Å²) in [5, 5.41) is 2.71. The standard InChI is InChI=1S/C17H20FN3O3S/c1-13-5-8-15(12-19-13)20-17(22)4-3-11-21(2)25(23,24)16-9-6-14(18)7-10-16/h5-10,12H,3-4,11H2,1-2H3,(H,20,22). The average Bonchev–Trinajstić information content (AvgIpc) is 2.57. The predicted molar refractivity (Wildman–Crippen MR) is 93.1 cm³/mol. The summed E-state index contributed by atoms with van der Waals surface area (Å²) in [6.07, 6.45) is 2.11. The predicted octanol–water partition coefficient (Wildman–Crippen LogP) is 2.57. The molecule has 134 valence electrons. The van der Waals surface area contributed by atoms with Gasteiger partial charge in [0.15, 0.2) is 0 Å². The molecule has 1 N–H and O–H groups in total. The SMILES string of the molecule is Cc1ccc(NC(=O)CCCN(C)S(=O)(=O)c2ccc(F)cc2)cn1. The highest BCUT2D eigenvalue weighted by Crippen LogP contribution is 2.15. The van der Waals surface area contributed by atoms with Gasteiger partial charge in [-0.3, -0.25) is 9.78 Å². The number of amides is 1. The number of hydrogen-bond donors (Lipinski definition) is 1. The second-order valence-corrected chi connectivity index (χ2v) is 7.67. The Morgan fingerprint density at radius 2 is 1.88 bits per heavy atom. The van der Waals surface area contributed by atoms with E-state index in [4.69, 9.17) is 0 Å². The number of carbonyl (C=O) groups is 1. The minimum Gasteiger partial charge on any atom is -0.325 e. The van der Waals surface area contributed by atoms with Crippen molar-refractivity contribution < 1.29 is 17.6 Å². The van der Waals surface area contributed by atoms with Crippen LogP contribution in [0.5, 0.6) is 0 Å². The third-order valence-electron chi connectivity index (χ3n) is 3.59. The lowest BCUT2D eigenvalue weighted by Crippen LogP contribution is -2.28. The Morgan fingerprint density at radius 1 is 1.20 bits per heavy atom. The summed E-state index contributed by atoms with van der Waals surface area (Å²) >= 11 is 0. The summed E-state index contributed by atoms with van der Waals surface area (Å²) in [6.45, 7) is 2.03. The van der Waals surface area contributed by atoms with E-state index in [-0.39, 0.29) is 23.8 Å². The molecule has 0 fully saturated rings. The van der Waals surface area contributed by atoms with Gasteiger partial charge in [-0.2, -0.15) is 0 Å². The first kappa shape index (κ1) is 19.0. The maximum atomic E-state index is 12.9. The fraction of sp³-hybridized carbons (Fsp3) is 0.294. The fourth-order valence-corrected chi connectivity index (χ4v) is 3.34. The summed E-state index contributed by atoms with van der Waals surface area (Å²) in [5.41, 5.74) is 1.45. The van der Waals surface area contributed by atoms with Crippen LogP contribution in [0.2, 0.25) is 0 Å². The number of nitrogens with one attached hydrogen (secondary N) is 1. The van der Waals surface area contributed by atoms with E-state index in [2.05, 4.69) is 10.3 Å². The monoisotopic (exact) mass is 365 g/mol. The number of benzene rings is 1. The van der Waals surface area contributed by atoms with Crippen LogP contribution in [0.25, 0.3) is 0 Å². The van der Waals surface area contributed by atoms with Gasteiger partial charge in [-0.25, -0.2) is 17.1 Å². The topological polar surface area (TPSA) is 79.4 Å². The second-order valence-electron chi connectivity index (χ2n) is 5.62. The van der Waals surface area contributed by atoms with Crippen molar-refractivity contribution in [3.8, 4) is 0 Å². The summed E-state index contributed by atoms with van der Waals surface area (Å²) in [5.74, 6) is -0.706. The van der Waals surface area contributed by atoms with E-state index in [1.807, 2.05) is 6.92 Å². The lowest BCUT2D eigenvalue weighted by atomic mass is 10.3. The smallest absolute Gasteiger partial charge is 0.242 e. The van der Waals surface area contributed by atoms with E-state index in [1.165, 1.54) is 19.2 Å². The first-order valence-corrected chi connectivity index (χ1v) is 9.17. The minimum atomic E-state index is -3.69. The van der Waals surface area contributed by atoms with Crippen LogP contribution in [0.15, 0.2) is 47.5 Å². The number of aryl methyl sites for hydroxylation is 1. The Labute approximate surface area is 146 Å². The molecular formula is C17H20FN3O3S. The molecule has 0 atom stereocenters. The number of hydrogen-bond acceptors (Lipinski definition) is 4. The normalized spacial score (nSPS) is 11.5. The average molecular weight is 365 g/mol.